The number of aryl methyl sites for hydroxylation is 1. The van der Waals surface area contributed by atoms with E-state index >= 15 is 0 Å². The van der Waals surface area contributed by atoms with Crippen molar-refractivity contribution in [2.24, 2.45) is 5.92 Å². The number of hydrogen-bond acceptors (Lipinski definition) is 3. The number of halogens is 2. The lowest BCUT2D eigenvalue weighted by atomic mass is 10.0. The van der Waals surface area contributed by atoms with Crippen LogP contribution in [-0.4, -0.2) is 30.5 Å². The first-order valence-corrected chi connectivity index (χ1v) is 6.11. The van der Waals surface area contributed by atoms with Gasteiger partial charge in [-0.15, -0.1) is 0 Å². The van der Waals surface area contributed by atoms with E-state index in [0.29, 0.717) is 28.6 Å². The smallest absolute Gasteiger partial charge is 0.140 e. The first-order chi connectivity index (χ1) is 8.12. The van der Waals surface area contributed by atoms with E-state index in [9.17, 15) is 0 Å². The van der Waals surface area contributed by atoms with Crippen molar-refractivity contribution in [3.8, 4) is 5.75 Å². The average molecular weight is 279 g/mol. The van der Waals surface area contributed by atoms with Gasteiger partial charge in [0.15, 0.2) is 0 Å². The minimum absolute atomic E-state index is 0.0346. The molecule has 0 aliphatic heterocycles. The molecule has 1 aromatic carbocycles. The van der Waals surface area contributed by atoms with Crippen LogP contribution in [0.2, 0.25) is 10.0 Å². The summed E-state index contributed by atoms with van der Waals surface area (Å²) in [4.78, 5) is 0. The lowest BCUT2D eigenvalue weighted by molar-refractivity contribution is 0.144. The van der Waals surface area contributed by atoms with E-state index in [2.05, 4.69) is 0 Å². The number of hydrogen-bond donors (Lipinski definition) is 2. The highest BCUT2D eigenvalue weighted by Gasteiger charge is 2.12. The third-order valence-electron chi connectivity index (χ3n) is 2.63. The van der Waals surface area contributed by atoms with Crippen molar-refractivity contribution in [2.45, 2.75) is 12.8 Å². The first kappa shape index (κ1) is 14.6. The molecule has 0 amide bonds. The van der Waals surface area contributed by atoms with Crippen molar-refractivity contribution in [3.63, 3.8) is 0 Å². The number of aliphatic hydroxyl groups excluding tert-OH is 2. The maximum atomic E-state index is 9.00. The molecule has 5 heteroatoms. The van der Waals surface area contributed by atoms with Crippen LogP contribution in [0.3, 0.4) is 0 Å². The SMILES string of the molecule is COc1c(Cl)cc(Cl)cc1CCC(CO)CO. The standard InChI is InChI=1S/C12H16Cl2O3/c1-17-12-9(3-2-8(6-15)7-16)4-10(13)5-11(12)14/h4-5,8,15-16H,2-3,6-7H2,1H3. The highest BCUT2D eigenvalue weighted by molar-refractivity contribution is 6.35. The summed E-state index contributed by atoms with van der Waals surface area (Å²) < 4.78 is 5.22. The van der Waals surface area contributed by atoms with Crippen molar-refractivity contribution in [1.29, 1.82) is 0 Å². The fraction of sp³-hybridized carbons (Fsp3) is 0.500. The summed E-state index contributed by atoms with van der Waals surface area (Å²) in [5.74, 6) is 0.475. The molecule has 0 unspecified atom stereocenters. The van der Waals surface area contributed by atoms with Crippen LogP contribution < -0.4 is 4.74 Å². The van der Waals surface area contributed by atoms with Crippen LogP contribution in [0.5, 0.6) is 5.75 Å². The van der Waals surface area contributed by atoms with Gasteiger partial charge in [-0.25, -0.2) is 0 Å². The molecule has 0 radical (unpaired) electrons. The van der Waals surface area contributed by atoms with E-state index in [1.165, 1.54) is 0 Å². The molecular formula is C12H16Cl2O3. The molecule has 0 saturated heterocycles. The van der Waals surface area contributed by atoms with Crippen molar-refractivity contribution >= 4 is 23.2 Å². The maximum Gasteiger partial charge on any atom is 0.140 e. The summed E-state index contributed by atoms with van der Waals surface area (Å²) >= 11 is 11.9. The minimum atomic E-state index is -0.127. The van der Waals surface area contributed by atoms with Crippen LogP contribution in [0.25, 0.3) is 0 Å². The Bertz CT molecular complexity index is 365. The van der Waals surface area contributed by atoms with E-state index in [4.69, 9.17) is 38.2 Å². The lowest BCUT2D eigenvalue weighted by Crippen LogP contribution is -2.12. The summed E-state index contributed by atoms with van der Waals surface area (Å²) in [6.07, 6.45) is 1.30. The van der Waals surface area contributed by atoms with Crippen molar-refractivity contribution in [3.05, 3.63) is 27.7 Å². The number of methoxy groups -OCH3 is 1. The van der Waals surface area contributed by atoms with Crippen LogP contribution in [0.1, 0.15) is 12.0 Å². The predicted octanol–water partition coefficient (Wildman–Crippen LogP) is 2.54. The molecule has 0 heterocycles. The molecule has 17 heavy (non-hydrogen) atoms. The minimum Gasteiger partial charge on any atom is -0.495 e. The predicted molar refractivity (Wildman–Crippen MR) is 69.0 cm³/mol. The number of rotatable bonds is 6. The van der Waals surface area contributed by atoms with Crippen LogP contribution in [0, 0.1) is 5.92 Å². The number of benzene rings is 1. The molecule has 2 N–H and O–H groups in total. The molecule has 0 aliphatic carbocycles. The summed E-state index contributed by atoms with van der Waals surface area (Å²) in [5.41, 5.74) is 0.886. The zero-order valence-electron chi connectivity index (χ0n) is 9.62. The van der Waals surface area contributed by atoms with Gasteiger partial charge in [0.05, 0.1) is 12.1 Å². The zero-order valence-corrected chi connectivity index (χ0v) is 11.1. The molecule has 1 aromatic rings. The Morgan fingerprint density at radius 3 is 2.41 bits per heavy atom. The van der Waals surface area contributed by atoms with Gasteiger partial charge in [-0.2, -0.15) is 0 Å². The molecule has 0 saturated carbocycles. The summed E-state index contributed by atoms with van der Waals surface area (Å²) in [6.45, 7) is -0.0692. The monoisotopic (exact) mass is 278 g/mol. The molecule has 0 fully saturated rings. The van der Waals surface area contributed by atoms with Crippen molar-refractivity contribution < 1.29 is 14.9 Å². The Labute approximate surface area is 111 Å². The van der Waals surface area contributed by atoms with E-state index in [0.717, 1.165) is 5.56 Å². The van der Waals surface area contributed by atoms with Gasteiger partial charge in [-0.05, 0) is 30.5 Å². The molecule has 3 nitrogen and oxygen atoms in total. The Balaban J connectivity index is 2.82. The second kappa shape index (κ2) is 7.07. The average Bonchev–Trinajstić information content (AvgIpc) is 2.29. The van der Waals surface area contributed by atoms with Crippen LogP contribution in [-0.2, 0) is 6.42 Å². The molecule has 0 aromatic heterocycles. The Morgan fingerprint density at radius 1 is 1.24 bits per heavy atom. The fourth-order valence-corrected chi connectivity index (χ4v) is 2.24. The Hall–Kier alpha value is -0.480. The van der Waals surface area contributed by atoms with E-state index in [1.807, 2.05) is 0 Å². The number of aliphatic hydroxyl groups is 2. The Morgan fingerprint density at radius 2 is 1.88 bits per heavy atom. The molecule has 1 rings (SSSR count). The van der Waals surface area contributed by atoms with Gasteiger partial charge in [0.25, 0.3) is 0 Å². The quantitative estimate of drug-likeness (QED) is 0.841. The largest absolute Gasteiger partial charge is 0.495 e. The van der Waals surface area contributed by atoms with Gasteiger partial charge < -0.3 is 14.9 Å². The number of ether oxygens (including phenoxy) is 1. The van der Waals surface area contributed by atoms with E-state index in [-0.39, 0.29) is 19.1 Å². The molecule has 0 bridgehead atoms. The van der Waals surface area contributed by atoms with Crippen LogP contribution in [0.4, 0.5) is 0 Å². The van der Waals surface area contributed by atoms with Crippen molar-refractivity contribution in [1.82, 2.24) is 0 Å². The third kappa shape index (κ3) is 4.03. The second-order valence-electron chi connectivity index (χ2n) is 3.85. The fourth-order valence-electron chi connectivity index (χ4n) is 1.63. The Kier molecular flexibility index (Phi) is 6.06. The van der Waals surface area contributed by atoms with Gasteiger partial charge in [0, 0.05) is 24.2 Å². The third-order valence-corrected chi connectivity index (χ3v) is 3.13. The zero-order chi connectivity index (χ0) is 12.8. The maximum absolute atomic E-state index is 9.00. The van der Waals surface area contributed by atoms with Gasteiger partial charge >= 0.3 is 0 Å². The molecule has 0 aliphatic rings. The molecule has 0 atom stereocenters. The van der Waals surface area contributed by atoms with E-state index in [1.54, 1.807) is 19.2 Å². The van der Waals surface area contributed by atoms with Gasteiger partial charge in [0.2, 0.25) is 0 Å². The summed E-state index contributed by atoms with van der Waals surface area (Å²) in [7, 11) is 1.55. The topological polar surface area (TPSA) is 49.7 Å². The van der Waals surface area contributed by atoms with Crippen LogP contribution in [0.15, 0.2) is 12.1 Å². The molecule has 0 spiro atoms. The van der Waals surface area contributed by atoms with Gasteiger partial charge in [-0.1, -0.05) is 23.2 Å². The van der Waals surface area contributed by atoms with Gasteiger partial charge in [0.1, 0.15) is 5.75 Å². The highest BCUT2D eigenvalue weighted by Crippen LogP contribution is 2.33. The van der Waals surface area contributed by atoms with Crippen molar-refractivity contribution in [2.75, 3.05) is 20.3 Å². The lowest BCUT2D eigenvalue weighted by Gasteiger charge is -2.14. The normalized spacial score (nSPS) is 10.9. The van der Waals surface area contributed by atoms with Crippen LogP contribution >= 0.6 is 23.2 Å². The first-order valence-electron chi connectivity index (χ1n) is 5.36. The highest BCUT2D eigenvalue weighted by atomic mass is 35.5. The summed E-state index contributed by atoms with van der Waals surface area (Å²) in [6, 6.07) is 3.42. The summed E-state index contributed by atoms with van der Waals surface area (Å²) in [5, 5.41) is 19.0. The second-order valence-corrected chi connectivity index (χ2v) is 4.69. The van der Waals surface area contributed by atoms with E-state index < -0.39 is 0 Å². The van der Waals surface area contributed by atoms with Gasteiger partial charge in [-0.3, -0.25) is 0 Å². The molecule has 96 valence electrons. The molecular weight excluding hydrogens is 263 g/mol.